The summed E-state index contributed by atoms with van der Waals surface area (Å²) >= 11 is 12.3. The van der Waals surface area contributed by atoms with Crippen molar-refractivity contribution in [2.24, 2.45) is 0 Å². The Morgan fingerprint density at radius 1 is 1.15 bits per heavy atom. The molecule has 3 rings (SSSR count). The second-order valence-corrected chi connectivity index (χ2v) is 5.13. The van der Waals surface area contributed by atoms with Crippen LogP contribution in [0.2, 0.25) is 10.0 Å². The van der Waals surface area contributed by atoms with E-state index in [0.717, 1.165) is 11.3 Å². The number of anilines is 1. The van der Waals surface area contributed by atoms with E-state index >= 15 is 0 Å². The molecule has 0 saturated heterocycles. The molecule has 1 aromatic heterocycles. The van der Waals surface area contributed by atoms with Crippen molar-refractivity contribution < 1.29 is 9.47 Å². The number of nitrogens with zero attached hydrogens (tertiary/aromatic N) is 1. The monoisotopic (exact) mass is 310 g/mol. The Morgan fingerprint density at radius 2 is 2.00 bits per heavy atom. The molecule has 0 bridgehead atoms. The lowest BCUT2D eigenvalue weighted by Crippen LogP contribution is -2.16. The molecule has 0 amide bonds. The van der Waals surface area contributed by atoms with Crippen molar-refractivity contribution in [3.63, 3.8) is 0 Å². The van der Waals surface area contributed by atoms with Crippen LogP contribution < -0.4 is 14.8 Å². The van der Waals surface area contributed by atoms with Gasteiger partial charge in [0.2, 0.25) is 0 Å². The average Bonchev–Trinajstić information content (AvgIpc) is 2.46. The minimum Gasteiger partial charge on any atom is -0.486 e. The molecule has 0 spiro atoms. The normalized spacial score (nSPS) is 13.1. The highest BCUT2D eigenvalue weighted by atomic mass is 35.5. The third-order valence-corrected chi connectivity index (χ3v) is 3.52. The van der Waals surface area contributed by atoms with Crippen LogP contribution in [0.5, 0.6) is 11.5 Å². The summed E-state index contributed by atoms with van der Waals surface area (Å²) in [6, 6.07) is 5.50. The molecule has 0 radical (unpaired) electrons. The van der Waals surface area contributed by atoms with Gasteiger partial charge in [0, 0.05) is 12.7 Å². The molecule has 4 nitrogen and oxygen atoms in total. The lowest BCUT2D eigenvalue weighted by molar-refractivity contribution is 0.171. The summed E-state index contributed by atoms with van der Waals surface area (Å²) in [6.07, 6.45) is 3.33. The van der Waals surface area contributed by atoms with Crippen molar-refractivity contribution in [2.45, 2.75) is 6.54 Å². The van der Waals surface area contributed by atoms with E-state index in [2.05, 4.69) is 10.3 Å². The molecule has 0 saturated carbocycles. The fourth-order valence-corrected chi connectivity index (χ4v) is 2.43. The second kappa shape index (κ2) is 5.77. The van der Waals surface area contributed by atoms with Crippen LogP contribution in [-0.4, -0.2) is 18.2 Å². The summed E-state index contributed by atoms with van der Waals surface area (Å²) in [6.45, 7) is 1.63. The number of aromatic nitrogens is 1. The molecule has 0 fully saturated rings. The van der Waals surface area contributed by atoms with Crippen LogP contribution in [-0.2, 0) is 6.54 Å². The maximum atomic E-state index is 6.19. The van der Waals surface area contributed by atoms with Crippen molar-refractivity contribution in [1.29, 1.82) is 0 Å². The van der Waals surface area contributed by atoms with Crippen molar-refractivity contribution in [1.82, 2.24) is 4.98 Å². The quantitative estimate of drug-likeness (QED) is 0.937. The van der Waals surface area contributed by atoms with E-state index in [1.54, 1.807) is 18.5 Å². The molecular weight excluding hydrogens is 299 g/mol. The minimum atomic E-state index is 0.523. The van der Waals surface area contributed by atoms with Gasteiger partial charge in [0.05, 0.1) is 21.9 Å². The fraction of sp³-hybridized carbons (Fsp3) is 0.214. The van der Waals surface area contributed by atoms with Crippen molar-refractivity contribution in [3.8, 4) is 11.5 Å². The van der Waals surface area contributed by atoms with E-state index < -0.39 is 0 Å². The molecule has 6 heteroatoms. The standard InChI is InChI=1S/C14H12Cl2N2O2/c15-10-1-2-17-8-12(10)18-7-9-5-11(16)14-13(6-9)19-3-4-20-14/h1-2,5-6,8,18H,3-4,7H2. The van der Waals surface area contributed by atoms with Gasteiger partial charge in [0.1, 0.15) is 13.2 Å². The predicted molar refractivity (Wildman–Crippen MR) is 79.0 cm³/mol. The summed E-state index contributed by atoms with van der Waals surface area (Å²) in [7, 11) is 0. The highest BCUT2D eigenvalue weighted by molar-refractivity contribution is 6.33. The van der Waals surface area contributed by atoms with E-state index in [0.29, 0.717) is 41.3 Å². The van der Waals surface area contributed by atoms with Crippen molar-refractivity contribution in [3.05, 3.63) is 46.2 Å². The summed E-state index contributed by atoms with van der Waals surface area (Å²) in [5.74, 6) is 1.29. The molecule has 1 N–H and O–H groups in total. The van der Waals surface area contributed by atoms with Gasteiger partial charge in [-0.2, -0.15) is 0 Å². The maximum absolute atomic E-state index is 6.19. The first kappa shape index (κ1) is 13.3. The molecule has 0 atom stereocenters. The van der Waals surface area contributed by atoms with Crippen LogP contribution in [0.15, 0.2) is 30.6 Å². The Morgan fingerprint density at radius 3 is 2.85 bits per heavy atom. The van der Waals surface area contributed by atoms with Crippen LogP contribution >= 0.6 is 23.2 Å². The van der Waals surface area contributed by atoms with E-state index in [1.807, 2.05) is 12.1 Å². The zero-order chi connectivity index (χ0) is 13.9. The van der Waals surface area contributed by atoms with Gasteiger partial charge >= 0.3 is 0 Å². The summed E-state index contributed by atoms with van der Waals surface area (Å²) in [5, 5.41) is 4.39. The van der Waals surface area contributed by atoms with Crippen molar-refractivity contribution in [2.75, 3.05) is 18.5 Å². The highest BCUT2D eigenvalue weighted by Gasteiger charge is 2.16. The Bertz CT molecular complexity index is 635. The van der Waals surface area contributed by atoms with Gasteiger partial charge in [-0.15, -0.1) is 0 Å². The summed E-state index contributed by atoms with van der Waals surface area (Å²) < 4.78 is 11.0. The number of benzene rings is 1. The minimum absolute atomic E-state index is 0.523. The molecule has 20 heavy (non-hydrogen) atoms. The number of pyridine rings is 1. The van der Waals surface area contributed by atoms with Gasteiger partial charge in [-0.3, -0.25) is 4.98 Å². The molecule has 0 aliphatic carbocycles. The second-order valence-electron chi connectivity index (χ2n) is 4.31. The Labute approximate surface area is 126 Å². The van der Waals surface area contributed by atoms with Gasteiger partial charge in [-0.25, -0.2) is 0 Å². The number of hydrogen-bond acceptors (Lipinski definition) is 4. The SMILES string of the molecule is Clc1ccncc1NCc1cc(Cl)c2c(c1)OCCO2. The molecule has 1 aliphatic rings. The van der Waals surface area contributed by atoms with Gasteiger partial charge in [0.15, 0.2) is 11.5 Å². The number of hydrogen-bond donors (Lipinski definition) is 1. The molecule has 0 unspecified atom stereocenters. The van der Waals surface area contributed by atoms with E-state index in [-0.39, 0.29) is 0 Å². The number of nitrogens with one attached hydrogen (secondary N) is 1. The number of halogens is 2. The van der Waals surface area contributed by atoms with Crippen LogP contribution in [0.3, 0.4) is 0 Å². The first-order valence-electron chi connectivity index (χ1n) is 6.15. The summed E-state index contributed by atoms with van der Waals surface area (Å²) in [5.41, 5.74) is 1.76. The lowest BCUT2D eigenvalue weighted by atomic mass is 10.2. The highest BCUT2D eigenvalue weighted by Crippen LogP contribution is 2.38. The first-order chi connectivity index (χ1) is 9.74. The zero-order valence-corrected chi connectivity index (χ0v) is 12.0. The Balaban J connectivity index is 1.78. The van der Waals surface area contributed by atoms with Gasteiger partial charge in [-0.1, -0.05) is 23.2 Å². The summed E-state index contributed by atoms with van der Waals surface area (Å²) in [4.78, 5) is 4.03. The van der Waals surface area contributed by atoms with Crippen LogP contribution in [0.1, 0.15) is 5.56 Å². The molecular formula is C14H12Cl2N2O2. The van der Waals surface area contributed by atoms with E-state index in [4.69, 9.17) is 32.7 Å². The number of fused-ring (bicyclic) bond motifs is 1. The van der Waals surface area contributed by atoms with Crippen LogP contribution in [0.4, 0.5) is 5.69 Å². The number of rotatable bonds is 3. The molecule has 2 aromatic rings. The molecule has 1 aliphatic heterocycles. The topological polar surface area (TPSA) is 43.4 Å². The van der Waals surface area contributed by atoms with E-state index in [9.17, 15) is 0 Å². The van der Waals surface area contributed by atoms with Crippen LogP contribution in [0, 0.1) is 0 Å². The smallest absolute Gasteiger partial charge is 0.179 e. The fourth-order valence-electron chi connectivity index (χ4n) is 1.97. The molecule has 104 valence electrons. The van der Waals surface area contributed by atoms with Gasteiger partial charge < -0.3 is 14.8 Å². The number of ether oxygens (including phenoxy) is 2. The van der Waals surface area contributed by atoms with Gasteiger partial charge in [0.25, 0.3) is 0 Å². The predicted octanol–water partition coefficient (Wildman–Crippen LogP) is 3.77. The maximum Gasteiger partial charge on any atom is 0.179 e. The van der Waals surface area contributed by atoms with Gasteiger partial charge in [-0.05, 0) is 23.8 Å². The largest absolute Gasteiger partial charge is 0.486 e. The Kier molecular flexibility index (Phi) is 3.85. The molecule has 2 heterocycles. The zero-order valence-electron chi connectivity index (χ0n) is 10.5. The average molecular weight is 311 g/mol. The van der Waals surface area contributed by atoms with Crippen LogP contribution in [0.25, 0.3) is 0 Å². The molecule has 1 aromatic carbocycles. The first-order valence-corrected chi connectivity index (χ1v) is 6.91. The van der Waals surface area contributed by atoms with E-state index in [1.165, 1.54) is 0 Å². The van der Waals surface area contributed by atoms with Crippen molar-refractivity contribution >= 4 is 28.9 Å². The Hall–Kier alpha value is -1.65. The third kappa shape index (κ3) is 2.76. The third-order valence-electron chi connectivity index (χ3n) is 2.91. The lowest BCUT2D eigenvalue weighted by Gasteiger charge is -2.20.